The van der Waals surface area contributed by atoms with Gasteiger partial charge in [-0.3, -0.25) is 4.79 Å². The SMILES string of the molecule is CCN(CC)c1ccc(N[C@@H](C(=O)c2ccccc2)c2ccccc2)cc1. The van der Waals surface area contributed by atoms with Crippen molar-refractivity contribution in [1.29, 1.82) is 0 Å². The molecule has 0 unspecified atom stereocenters. The van der Waals surface area contributed by atoms with Crippen LogP contribution in [0, 0.1) is 0 Å². The summed E-state index contributed by atoms with van der Waals surface area (Å²) in [7, 11) is 0. The number of Topliss-reactive ketones (excluding diaryl/α,β-unsaturated/α-hetero) is 1. The van der Waals surface area contributed by atoms with Gasteiger partial charge in [0.25, 0.3) is 0 Å². The fourth-order valence-electron chi connectivity index (χ4n) is 3.24. The Labute approximate surface area is 161 Å². The lowest BCUT2D eigenvalue weighted by atomic mass is 9.97. The second kappa shape index (κ2) is 9.04. The van der Waals surface area contributed by atoms with Gasteiger partial charge in [0.15, 0.2) is 5.78 Å². The molecule has 27 heavy (non-hydrogen) atoms. The van der Waals surface area contributed by atoms with E-state index in [1.807, 2.05) is 72.8 Å². The molecule has 3 heteroatoms. The molecular weight excluding hydrogens is 332 g/mol. The largest absolute Gasteiger partial charge is 0.372 e. The van der Waals surface area contributed by atoms with E-state index < -0.39 is 6.04 Å². The molecule has 3 rings (SSSR count). The normalized spacial score (nSPS) is 11.6. The molecule has 0 fully saturated rings. The first kappa shape index (κ1) is 18.7. The Morgan fingerprint density at radius 3 is 1.93 bits per heavy atom. The highest BCUT2D eigenvalue weighted by Gasteiger charge is 2.21. The number of carbonyl (C=O) groups is 1. The molecule has 0 saturated heterocycles. The number of benzene rings is 3. The number of anilines is 2. The molecule has 0 heterocycles. The number of hydrogen-bond donors (Lipinski definition) is 1. The van der Waals surface area contributed by atoms with Gasteiger partial charge in [0.1, 0.15) is 6.04 Å². The number of rotatable bonds is 8. The van der Waals surface area contributed by atoms with E-state index in [4.69, 9.17) is 0 Å². The lowest BCUT2D eigenvalue weighted by Crippen LogP contribution is -2.22. The van der Waals surface area contributed by atoms with Crippen molar-refractivity contribution in [2.75, 3.05) is 23.3 Å². The van der Waals surface area contributed by atoms with E-state index >= 15 is 0 Å². The van der Waals surface area contributed by atoms with E-state index in [0.717, 1.165) is 24.3 Å². The predicted molar refractivity (Wildman–Crippen MR) is 114 cm³/mol. The Morgan fingerprint density at radius 2 is 1.37 bits per heavy atom. The molecule has 0 bridgehead atoms. The van der Waals surface area contributed by atoms with Gasteiger partial charge in [-0.2, -0.15) is 0 Å². The highest BCUT2D eigenvalue weighted by Crippen LogP contribution is 2.25. The van der Waals surface area contributed by atoms with Crippen molar-refractivity contribution >= 4 is 17.2 Å². The van der Waals surface area contributed by atoms with Crippen LogP contribution in [0.25, 0.3) is 0 Å². The number of hydrogen-bond acceptors (Lipinski definition) is 3. The van der Waals surface area contributed by atoms with Crippen molar-refractivity contribution in [1.82, 2.24) is 0 Å². The van der Waals surface area contributed by atoms with Crippen LogP contribution in [-0.4, -0.2) is 18.9 Å². The fourth-order valence-corrected chi connectivity index (χ4v) is 3.24. The third-order valence-electron chi connectivity index (χ3n) is 4.76. The van der Waals surface area contributed by atoms with Crippen molar-refractivity contribution in [3.8, 4) is 0 Å². The van der Waals surface area contributed by atoms with E-state index in [1.165, 1.54) is 5.69 Å². The minimum Gasteiger partial charge on any atom is -0.372 e. The topological polar surface area (TPSA) is 32.3 Å². The Hall–Kier alpha value is -3.07. The predicted octanol–water partition coefficient (Wildman–Crippen LogP) is 5.57. The molecule has 0 spiro atoms. The highest BCUT2D eigenvalue weighted by molar-refractivity contribution is 6.02. The molecule has 3 aromatic rings. The van der Waals surface area contributed by atoms with Crippen LogP contribution < -0.4 is 10.2 Å². The van der Waals surface area contributed by atoms with Crippen molar-refractivity contribution in [3.05, 3.63) is 96.1 Å². The summed E-state index contributed by atoms with van der Waals surface area (Å²) in [5, 5.41) is 3.43. The molecule has 1 N–H and O–H groups in total. The summed E-state index contributed by atoms with van der Waals surface area (Å²) in [5.74, 6) is 0.0645. The molecule has 0 aliphatic carbocycles. The highest BCUT2D eigenvalue weighted by atomic mass is 16.1. The standard InChI is InChI=1S/C24H26N2O/c1-3-26(4-2)22-17-15-21(16-18-22)25-23(19-11-7-5-8-12-19)24(27)20-13-9-6-10-14-20/h5-18,23,25H,3-4H2,1-2H3/t23-/m1/s1. The van der Waals surface area contributed by atoms with Crippen LogP contribution in [0.4, 0.5) is 11.4 Å². The van der Waals surface area contributed by atoms with Gasteiger partial charge in [0.2, 0.25) is 0 Å². The van der Waals surface area contributed by atoms with Crippen LogP contribution in [0.2, 0.25) is 0 Å². The number of nitrogens with one attached hydrogen (secondary N) is 1. The van der Waals surface area contributed by atoms with Gasteiger partial charge in [-0.05, 0) is 43.7 Å². The maximum atomic E-state index is 13.1. The summed E-state index contributed by atoms with van der Waals surface area (Å²) in [6.07, 6.45) is 0. The monoisotopic (exact) mass is 358 g/mol. The molecule has 1 atom stereocenters. The van der Waals surface area contributed by atoms with Gasteiger partial charge >= 0.3 is 0 Å². The minimum atomic E-state index is -0.423. The zero-order valence-electron chi connectivity index (χ0n) is 15.9. The first-order valence-corrected chi connectivity index (χ1v) is 9.48. The molecule has 0 radical (unpaired) electrons. The van der Waals surface area contributed by atoms with E-state index in [2.05, 4.69) is 36.2 Å². The first-order chi connectivity index (χ1) is 13.2. The summed E-state index contributed by atoms with van der Waals surface area (Å²) >= 11 is 0. The molecular formula is C24H26N2O. The van der Waals surface area contributed by atoms with Gasteiger partial charge in [-0.15, -0.1) is 0 Å². The summed E-state index contributed by atoms with van der Waals surface area (Å²) in [4.78, 5) is 15.4. The maximum absolute atomic E-state index is 13.1. The van der Waals surface area contributed by atoms with Gasteiger partial charge in [0, 0.05) is 30.0 Å². The zero-order chi connectivity index (χ0) is 19.1. The van der Waals surface area contributed by atoms with E-state index in [0.29, 0.717) is 5.56 Å². The lowest BCUT2D eigenvalue weighted by molar-refractivity contribution is 0.0969. The first-order valence-electron chi connectivity index (χ1n) is 9.48. The Kier molecular flexibility index (Phi) is 6.26. The summed E-state index contributed by atoms with van der Waals surface area (Å²) in [6.45, 7) is 6.25. The quantitative estimate of drug-likeness (QED) is 0.534. The van der Waals surface area contributed by atoms with Crippen molar-refractivity contribution < 1.29 is 4.79 Å². The van der Waals surface area contributed by atoms with Gasteiger partial charge < -0.3 is 10.2 Å². The summed E-state index contributed by atoms with van der Waals surface area (Å²) in [6, 6.07) is 27.2. The molecule has 0 saturated carbocycles. The smallest absolute Gasteiger partial charge is 0.189 e. The maximum Gasteiger partial charge on any atom is 0.189 e. The number of nitrogens with zero attached hydrogens (tertiary/aromatic N) is 1. The minimum absolute atomic E-state index is 0.0645. The summed E-state index contributed by atoms with van der Waals surface area (Å²) < 4.78 is 0. The molecule has 0 aromatic heterocycles. The molecule has 0 amide bonds. The average molecular weight is 358 g/mol. The molecule has 0 aliphatic rings. The average Bonchev–Trinajstić information content (AvgIpc) is 2.74. The number of ketones is 1. The van der Waals surface area contributed by atoms with E-state index in [9.17, 15) is 4.79 Å². The third kappa shape index (κ3) is 4.56. The van der Waals surface area contributed by atoms with E-state index in [1.54, 1.807) is 0 Å². The van der Waals surface area contributed by atoms with Crippen molar-refractivity contribution in [2.24, 2.45) is 0 Å². The van der Waals surface area contributed by atoms with Crippen LogP contribution in [0.5, 0.6) is 0 Å². The second-order valence-corrected chi connectivity index (χ2v) is 6.44. The lowest BCUT2D eigenvalue weighted by Gasteiger charge is -2.23. The Morgan fingerprint density at radius 1 is 0.815 bits per heavy atom. The van der Waals surface area contributed by atoms with Crippen LogP contribution in [0.3, 0.4) is 0 Å². The zero-order valence-corrected chi connectivity index (χ0v) is 15.9. The summed E-state index contributed by atoms with van der Waals surface area (Å²) in [5.41, 5.74) is 3.79. The number of carbonyl (C=O) groups excluding carboxylic acids is 1. The van der Waals surface area contributed by atoms with Crippen LogP contribution >= 0.6 is 0 Å². The van der Waals surface area contributed by atoms with Gasteiger partial charge in [-0.1, -0.05) is 60.7 Å². The van der Waals surface area contributed by atoms with Gasteiger partial charge in [-0.25, -0.2) is 0 Å². The molecule has 0 aliphatic heterocycles. The van der Waals surface area contributed by atoms with Gasteiger partial charge in [0.05, 0.1) is 0 Å². The van der Waals surface area contributed by atoms with Crippen molar-refractivity contribution in [2.45, 2.75) is 19.9 Å². The third-order valence-corrected chi connectivity index (χ3v) is 4.76. The molecule has 3 nitrogen and oxygen atoms in total. The van der Waals surface area contributed by atoms with E-state index in [-0.39, 0.29) is 5.78 Å². The fraction of sp³-hybridized carbons (Fsp3) is 0.208. The van der Waals surface area contributed by atoms with Crippen LogP contribution in [0.15, 0.2) is 84.9 Å². The van der Waals surface area contributed by atoms with Crippen molar-refractivity contribution in [3.63, 3.8) is 0 Å². The molecule has 138 valence electrons. The molecule has 3 aromatic carbocycles. The second-order valence-electron chi connectivity index (χ2n) is 6.44. The Bertz CT molecular complexity index is 841. The van der Waals surface area contributed by atoms with Crippen LogP contribution in [0.1, 0.15) is 35.8 Å². The Balaban J connectivity index is 1.87. The van der Waals surface area contributed by atoms with Crippen LogP contribution in [-0.2, 0) is 0 Å².